The Morgan fingerprint density at radius 2 is 1.90 bits per heavy atom. The van der Waals surface area contributed by atoms with Crippen LogP contribution in [0.1, 0.15) is 19.0 Å². The lowest BCUT2D eigenvalue weighted by atomic mass is 10.1. The summed E-state index contributed by atoms with van der Waals surface area (Å²) in [5.74, 6) is 0. The summed E-state index contributed by atoms with van der Waals surface area (Å²) in [5.41, 5.74) is 3.12. The second-order valence-corrected chi connectivity index (χ2v) is 4.68. The Kier molecular flexibility index (Phi) is 5.70. The fourth-order valence-corrected chi connectivity index (χ4v) is 2.06. The molecular formula is C15H23N5. The third kappa shape index (κ3) is 3.88. The summed E-state index contributed by atoms with van der Waals surface area (Å²) in [6.07, 6.45) is 1.11. The third-order valence-electron chi connectivity index (χ3n) is 3.13. The molecule has 2 rings (SSSR count). The van der Waals surface area contributed by atoms with E-state index in [1.54, 1.807) is 4.80 Å². The Hall–Kier alpha value is -1.72. The molecule has 0 fully saturated rings. The molecule has 20 heavy (non-hydrogen) atoms. The molecule has 0 aliphatic carbocycles. The van der Waals surface area contributed by atoms with Crippen molar-refractivity contribution in [2.75, 3.05) is 20.1 Å². The Bertz CT molecular complexity index is 506. The van der Waals surface area contributed by atoms with Crippen molar-refractivity contribution in [1.29, 1.82) is 0 Å². The van der Waals surface area contributed by atoms with E-state index < -0.39 is 0 Å². The highest BCUT2D eigenvalue weighted by atomic mass is 15.5. The summed E-state index contributed by atoms with van der Waals surface area (Å²) in [7, 11) is 1.97. The first-order valence-corrected chi connectivity index (χ1v) is 7.20. The Morgan fingerprint density at radius 1 is 1.10 bits per heavy atom. The van der Waals surface area contributed by atoms with Gasteiger partial charge in [-0.05, 0) is 33.5 Å². The van der Waals surface area contributed by atoms with Crippen molar-refractivity contribution in [1.82, 2.24) is 25.6 Å². The van der Waals surface area contributed by atoms with Gasteiger partial charge in [0.2, 0.25) is 0 Å². The van der Waals surface area contributed by atoms with Gasteiger partial charge in [0.05, 0.1) is 6.54 Å². The number of aromatic nitrogens is 3. The SMILES string of the molecule is CCn1nc(CNCCCNC)c(-c2ccccc2)n1. The van der Waals surface area contributed by atoms with Crippen LogP contribution in [0.15, 0.2) is 30.3 Å². The first kappa shape index (κ1) is 14.7. The average Bonchev–Trinajstić information content (AvgIpc) is 2.91. The predicted octanol–water partition coefficient (Wildman–Crippen LogP) is 1.66. The fraction of sp³-hybridized carbons (Fsp3) is 0.467. The highest BCUT2D eigenvalue weighted by Gasteiger charge is 2.11. The number of nitrogens with zero attached hydrogens (tertiary/aromatic N) is 3. The first-order chi connectivity index (χ1) is 9.85. The molecule has 0 aliphatic heterocycles. The van der Waals surface area contributed by atoms with Gasteiger partial charge in [-0.3, -0.25) is 0 Å². The molecule has 0 saturated heterocycles. The molecule has 5 heteroatoms. The van der Waals surface area contributed by atoms with Gasteiger partial charge in [0.15, 0.2) is 0 Å². The van der Waals surface area contributed by atoms with Crippen molar-refractivity contribution in [3.05, 3.63) is 36.0 Å². The van der Waals surface area contributed by atoms with Gasteiger partial charge in [-0.2, -0.15) is 15.0 Å². The van der Waals surface area contributed by atoms with Crippen molar-refractivity contribution in [3.8, 4) is 11.3 Å². The van der Waals surface area contributed by atoms with Gasteiger partial charge in [-0.1, -0.05) is 30.3 Å². The minimum Gasteiger partial charge on any atom is -0.320 e. The Morgan fingerprint density at radius 3 is 2.60 bits per heavy atom. The van der Waals surface area contributed by atoms with Crippen LogP contribution >= 0.6 is 0 Å². The molecule has 0 unspecified atom stereocenters. The zero-order chi connectivity index (χ0) is 14.2. The average molecular weight is 273 g/mol. The largest absolute Gasteiger partial charge is 0.320 e. The van der Waals surface area contributed by atoms with Crippen molar-refractivity contribution in [3.63, 3.8) is 0 Å². The molecule has 1 heterocycles. The summed E-state index contributed by atoms with van der Waals surface area (Å²) >= 11 is 0. The van der Waals surface area contributed by atoms with Gasteiger partial charge >= 0.3 is 0 Å². The predicted molar refractivity (Wildman–Crippen MR) is 81.4 cm³/mol. The molecule has 2 N–H and O–H groups in total. The van der Waals surface area contributed by atoms with E-state index in [4.69, 9.17) is 0 Å². The fourth-order valence-electron chi connectivity index (χ4n) is 2.06. The summed E-state index contributed by atoms with van der Waals surface area (Å²) in [5, 5.41) is 15.7. The maximum absolute atomic E-state index is 4.57. The number of benzene rings is 1. The highest BCUT2D eigenvalue weighted by Crippen LogP contribution is 2.19. The summed E-state index contributed by atoms with van der Waals surface area (Å²) in [6.45, 7) is 5.61. The van der Waals surface area contributed by atoms with Gasteiger partial charge in [0.25, 0.3) is 0 Å². The van der Waals surface area contributed by atoms with Crippen LogP contribution in [0.5, 0.6) is 0 Å². The Labute approximate surface area is 120 Å². The normalized spacial score (nSPS) is 10.9. The zero-order valence-electron chi connectivity index (χ0n) is 12.3. The van der Waals surface area contributed by atoms with E-state index in [0.29, 0.717) is 0 Å². The maximum Gasteiger partial charge on any atom is 0.117 e. The van der Waals surface area contributed by atoms with E-state index in [0.717, 1.165) is 49.6 Å². The second-order valence-electron chi connectivity index (χ2n) is 4.68. The molecule has 0 aliphatic rings. The number of hydrogen-bond donors (Lipinski definition) is 2. The molecule has 0 bridgehead atoms. The van der Waals surface area contributed by atoms with E-state index in [-0.39, 0.29) is 0 Å². The molecule has 5 nitrogen and oxygen atoms in total. The molecular weight excluding hydrogens is 250 g/mol. The zero-order valence-corrected chi connectivity index (χ0v) is 12.3. The van der Waals surface area contributed by atoms with Gasteiger partial charge in [-0.15, -0.1) is 0 Å². The smallest absolute Gasteiger partial charge is 0.117 e. The lowest BCUT2D eigenvalue weighted by Crippen LogP contribution is -2.20. The molecule has 108 valence electrons. The topological polar surface area (TPSA) is 54.8 Å². The quantitative estimate of drug-likeness (QED) is 0.718. The van der Waals surface area contributed by atoms with E-state index in [1.807, 2.05) is 25.2 Å². The molecule has 1 aromatic heterocycles. The van der Waals surface area contributed by atoms with Crippen LogP contribution in [0.3, 0.4) is 0 Å². The summed E-state index contributed by atoms with van der Waals surface area (Å²) < 4.78 is 0. The van der Waals surface area contributed by atoms with E-state index in [9.17, 15) is 0 Å². The Balaban J connectivity index is 2.05. The van der Waals surface area contributed by atoms with Crippen molar-refractivity contribution in [2.24, 2.45) is 0 Å². The molecule has 0 atom stereocenters. The van der Waals surface area contributed by atoms with Crippen LogP contribution in [-0.2, 0) is 13.1 Å². The molecule has 0 saturated carbocycles. The lowest BCUT2D eigenvalue weighted by molar-refractivity contribution is 0.555. The van der Waals surface area contributed by atoms with Gasteiger partial charge < -0.3 is 10.6 Å². The highest BCUT2D eigenvalue weighted by molar-refractivity contribution is 5.60. The van der Waals surface area contributed by atoms with E-state index in [2.05, 4.69) is 39.9 Å². The van der Waals surface area contributed by atoms with Crippen molar-refractivity contribution < 1.29 is 0 Å². The van der Waals surface area contributed by atoms with Crippen molar-refractivity contribution in [2.45, 2.75) is 26.4 Å². The minimum atomic E-state index is 0.758. The molecule has 2 aromatic rings. The van der Waals surface area contributed by atoms with Gasteiger partial charge in [0, 0.05) is 12.1 Å². The van der Waals surface area contributed by atoms with Crippen LogP contribution in [-0.4, -0.2) is 35.1 Å². The molecule has 0 radical (unpaired) electrons. The standard InChI is InChI=1S/C15H23N5/c1-3-20-18-14(12-17-11-7-10-16-2)15(19-20)13-8-5-4-6-9-13/h4-6,8-9,16-17H,3,7,10-12H2,1-2H3. The van der Waals surface area contributed by atoms with Crippen molar-refractivity contribution >= 4 is 0 Å². The van der Waals surface area contributed by atoms with Gasteiger partial charge in [0.1, 0.15) is 11.4 Å². The van der Waals surface area contributed by atoms with Crippen LogP contribution in [0.4, 0.5) is 0 Å². The van der Waals surface area contributed by atoms with Crippen LogP contribution in [0.25, 0.3) is 11.3 Å². The summed E-state index contributed by atoms with van der Waals surface area (Å²) in [4.78, 5) is 1.76. The van der Waals surface area contributed by atoms with Crippen LogP contribution < -0.4 is 10.6 Å². The number of rotatable bonds is 8. The van der Waals surface area contributed by atoms with Crippen LogP contribution in [0, 0.1) is 0 Å². The second kappa shape index (κ2) is 7.77. The summed E-state index contributed by atoms with van der Waals surface area (Å²) in [6, 6.07) is 10.2. The van der Waals surface area contributed by atoms with Crippen LogP contribution in [0.2, 0.25) is 0 Å². The minimum absolute atomic E-state index is 0.758. The number of hydrogen-bond acceptors (Lipinski definition) is 4. The van der Waals surface area contributed by atoms with Gasteiger partial charge in [-0.25, -0.2) is 0 Å². The lowest BCUT2D eigenvalue weighted by Gasteiger charge is -2.04. The maximum atomic E-state index is 4.57. The molecule has 0 spiro atoms. The van der Waals surface area contributed by atoms with E-state index in [1.165, 1.54) is 0 Å². The third-order valence-corrected chi connectivity index (χ3v) is 3.13. The molecule has 0 amide bonds. The van der Waals surface area contributed by atoms with E-state index >= 15 is 0 Å². The monoisotopic (exact) mass is 273 g/mol. The number of aryl methyl sites for hydroxylation is 1. The number of nitrogens with one attached hydrogen (secondary N) is 2. The molecule has 1 aromatic carbocycles. The first-order valence-electron chi connectivity index (χ1n) is 7.20.